The molecule has 0 saturated carbocycles. The molecule has 0 saturated heterocycles. The minimum absolute atomic E-state index is 0.132. The number of carbonyl (C=O) groups excluding carboxylic acids is 1. The molecule has 1 aliphatic rings. The van der Waals surface area contributed by atoms with Crippen LogP contribution in [0.15, 0.2) is 45.5 Å². The fourth-order valence-corrected chi connectivity index (χ4v) is 3.10. The predicted molar refractivity (Wildman–Crippen MR) is 103 cm³/mol. The number of fused-ring (bicyclic) bond motifs is 1. The molecule has 3 rings (SSSR count). The monoisotopic (exact) mass is 419 g/mol. The maximum atomic E-state index is 12.3. The molecule has 1 aliphatic heterocycles. The summed E-state index contributed by atoms with van der Waals surface area (Å²) in [4.78, 5) is 12.3. The van der Waals surface area contributed by atoms with E-state index in [1.165, 1.54) is 6.08 Å². The Labute approximate surface area is 161 Å². The minimum Gasteiger partial charge on any atom is -0.490 e. The van der Waals surface area contributed by atoms with E-state index in [9.17, 15) is 4.79 Å². The van der Waals surface area contributed by atoms with Gasteiger partial charge >= 0.3 is 0 Å². The highest BCUT2D eigenvalue weighted by atomic mass is 79.9. The lowest BCUT2D eigenvalue weighted by atomic mass is 9.95. The van der Waals surface area contributed by atoms with E-state index in [1.54, 1.807) is 18.2 Å². The molecule has 26 heavy (non-hydrogen) atoms. The van der Waals surface area contributed by atoms with Crippen LogP contribution in [0, 0.1) is 5.92 Å². The summed E-state index contributed by atoms with van der Waals surface area (Å²) in [5.74, 6) is 2.14. The molecule has 1 aromatic carbocycles. The Morgan fingerprint density at radius 1 is 1.15 bits per heavy atom. The highest BCUT2D eigenvalue weighted by Gasteiger charge is 2.20. The molecular formula is C20H22BrNO4. The molecule has 5 nitrogen and oxygen atoms in total. The van der Waals surface area contributed by atoms with Crippen molar-refractivity contribution in [3.8, 4) is 11.5 Å². The van der Waals surface area contributed by atoms with Gasteiger partial charge in [-0.15, -0.1) is 0 Å². The van der Waals surface area contributed by atoms with Crippen molar-refractivity contribution in [3.05, 3.63) is 52.4 Å². The summed E-state index contributed by atoms with van der Waals surface area (Å²) in [6, 6.07) is 9.29. The van der Waals surface area contributed by atoms with Crippen molar-refractivity contribution in [2.75, 3.05) is 13.2 Å². The molecule has 1 unspecified atom stereocenters. The van der Waals surface area contributed by atoms with Gasteiger partial charge in [0.15, 0.2) is 16.2 Å². The SMILES string of the molecule is CC(C)C(NC(=O)C=Cc1ccc(Br)o1)c1ccc2c(c1)OCCCO2. The number of hydrogen-bond donors (Lipinski definition) is 1. The second-order valence-corrected chi connectivity index (χ2v) is 7.24. The van der Waals surface area contributed by atoms with Gasteiger partial charge in [-0.05, 0) is 57.8 Å². The molecule has 1 amide bonds. The number of ether oxygens (including phenoxy) is 2. The maximum absolute atomic E-state index is 12.3. The number of halogens is 1. The van der Waals surface area contributed by atoms with Gasteiger partial charge in [0.1, 0.15) is 5.76 Å². The number of amides is 1. The summed E-state index contributed by atoms with van der Waals surface area (Å²) >= 11 is 3.24. The Bertz CT molecular complexity index is 797. The molecule has 2 heterocycles. The number of nitrogens with one attached hydrogen (secondary N) is 1. The van der Waals surface area contributed by atoms with Crippen LogP contribution in [0.5, 0.6) is 11.5 Å². The fourth-order valence-electron chi connectivity index (χ4n) is 2.79. The van der Waals surface area contributed by atoms with Gasteiger partial charge < -0.3 is 19.2 Å². The first-order chi connectivity index (χ1) is 12.5. The third kappa shape index (κ3) is 4.69. The van der Waals surface area contributed by atoms with E-state index in [0.29, 0.717) is 23.6 Å². The van der Waals surface area contributed by atoms with Gasteiger partial charge in [-0.2, -0.15) is 0 Å². The highest BCUT2D eigenvalue weighted by molar-refractivity contribution is 9.10. The number of furan rings is 1. The second-order valence-electron chi connectivity index (χ2n) is 6.46. The standard InChI is InChI=1S/C20H22BrNO4/c1-13(2)20(22-19(23)9-6-15-5-8-18(21)26-15)14-4-7-16-17(12-14)25-11-3-10-24-16/h4-9,12-13,20H,3,10-11H2,1-2H3,(H,22,23). The smallest absolute Gasteiger partial charge is 0.244 e. The van der Waals surface area contributed by atoms with Gasteiger partial charge in [-0.25, -0.2) is 0 Å². The van der Waals surface area contributed by atoms with Gasteiger partial charge in [0.05, 0.1) is 19.3 Å². The number of rotatable bonds is 5. The normalized spacial score (nSPS) is 15.1. The van der Waals surface area contributed by atoms with Gasteiger partial charge in [0, 0.05) is 12.5 Å². The van der Waals surface area contributed by atoms with Crippen LogP contribution in [-0.2, 0) is 4.79 Å². The molecule has 138 valence electrons. The first-order valence-corrected chi connectivity index (χ1v) is 9.45. The van der Waals surface area contributed by atoms with Gasteiger partial charge in [-0.3, -0.25) is 4.79 Å². The maximum Gasteiger partial charge on any atom is 0.244 e. The third-order valence-corrected chi connectivity index (χ3v) is 4.51. The molecule has 0 aliphatic carbocycles. The molecular weight excluding hydrogens is 398 g/mol. The molecule has 0 bridgehead atoms. The van der Waals surface area contributed by atoms with Crippen molar-refractivity contribution in [3.63, 3.8) is 0 Å². The summed E-state index contributed by atoms with van der Waals surface area (Å²) in [7, 11) is 0. The van der Waals surface area contributed by atoms with Crippen LogP contribution < -0.4 is 14.8 Å². The molecule has 0 spiro atoms. The lowest BCUT2D eigenvalue weighted by molar-refractivity contribution is -0.117. The first-order valence-electron chi connectivity index (χ1n) is 8.66. The Morgan fingerprint density at radius 3 is 2.62 bits per heavy atom. The average Bonchev–Trinajstić information content (AvgIpc) is 2.89. The summed E-state index contributed by atoms with van der Waals surface area (Å²) in [5.41, 5.74) is 0.992. The zero-order valence-corrected chi connectivity index (χ0v) is 16.4. The zero-order valence-electron chi connectivity index (χ0n) is 14.8. The minimum atomic E-state index is -0.177. The Kier molecular flexibility index (Phi) is 6.04. The van der Waals surface area contributed by atoms with Crippen molar-refractivity contribution in [1.29, 1.82) is 0 Å². The lowest BCUT2D eigenvalue weighted by Gasteiger charge is -2.23. The van der Waals surface area contributed by atoms with Crippen molar-refractivity contribution < 1.29 is 18.7 Å². The van der Waals surface area contributed by atoms with E-state index in [0.717, 1.165) is 23.5 Å². The molecule has 0 fully saturated rings. The molecule has 2 aromatic rings. The topological polar surface area (TPSA) is 60.7 Å². The summed E-state index contributed by atoms with van der Waals surface area (Å²) in [5, 5.41) is 3.06. The van der Waals surface area contributed by atoms with Crippen LogP contribution in [-0.4, -0.2) is 19.1 Å². The van der Waals surface area contributed by atoms with Crippen LogP contribution in [0.25, 0.3) is 6.08 Å². The molecule has 1 atom stereocenters. The van der Waals surface area contributed by atoms with Crippen LogP contribution in [0.1, 0.15) is 37.6 Å². The van der Waals surface area contributed by atoms with Crippen LogP contribution in [0.3, 0.4) is 0 Å². The van der Waals surface area contributed by atoms with Crippen molar-refractivity contribution in [1.82, 2.24) is 5.32 Å². The lowest BCUT2D eigenvalue weighted by Crippen LogP contribution is -2.30. The number of benzene rings is 1. The quantitative estimate of drug-likeness (QED) is 0.711. The van der Waals surface area contributed by atoms with Gasteiger partial charge in [-0.1, -0.05) is 19.9 Å². The Balaban J connectivity index is 1.73. The Hall–Kier alpha value is -2.21. The molecule has 0 radical (unpaired) electrons. The van der Waals surface area contributed by atoms with Crippen LogP contribution >= 0.6 is 15.9 Å². The van der Waals surface area contributed by atoms with E-state index in [2.05, 4.69) is 35.1 Å². The highest BCUT2D eigenvalue weighted by Crippen LogP contribution is 2.34. The largest absolute Gasteiger partial charge is 0.490 e. The van der Waals surface area contributed by atoms with E-state index in [4.69, 9.17) is 13.9 Å². The summed E-state index contributed by atoms with van der Waals surface area (Å²) < 4.78 is 17.4. The van der Waals surface area contributed by atoms with Crippen molar-refractivity contribution in [2.24, 2.45) is 5.92 Å². The van der Waals surface area contributed by atoms with Gasteiger partial charge in [0.25, 0.3) is 0 Å². The Morgan fingerprint density at radius 2 is 1.92 bits per heavy atom. The van der Waals surface area contributed by atoms with E-state index >= 15 is 0 Å². The molecule has 1 aromatic heterocycles. The van der Waals surface area contributed by atoms with E-state index < -0.39 is 0 Å². The summed E-state index contributed by atoms with van der Waals surface area (Å²) in [6.45, 7) is 5.43. The zero-order chi connectivity index (χ0) is 18.5. The number of hydrogen-bond acceptors (Lipinski definition) is 4. The average molecular weight is 420 g/mol. The van der Waals surface area contributed by atoms with Crippen molar-refractivity contribution in [2.45, 2.75) is 26.3 Å². The fraction of sp³-hybridized carbons (Fsp3) is 0.350. The third-order valence-electron chi connectivity index (χ3n) is 4.09. The van der Waals surface area contributed by atoms with Crippen LogP contribution in [0.4, 0.5) is 0 Å². The van der Waals surface area contributed by atoms with Crippen LogP contribution in [0.2, 0.25) is 0 Å². The first kappa shape index (κ1) is 18.6. The van der Waals surface area contributed by atoms with Gasteiger partial charge in [0.2, 0.25) is 5.91 Å². The molecule has 6 heteroatoms. The van der Waals surface area contributed by atoms with Crippen molar-refractivity contribution >= 4 is 27.9 Å². The summed E-state index contributed by atoms with van der Waals surface area (Å²) in [6.07, 6.45) is 3.98. The van der Waals surface area contributed by atoms with E-state index in [1.807, 2.05) is 18.2 Å². The second kappa shape index (κ2) is 8.45. The van der Waals surface area contributed by atoms with E-state index in [-0.39, 0.29) is 17.9 Å². The predicted octanol–water partition coefficient (Wildman–Crippen LogP) is 4.73. The number of carbonyl (C=O) groups is 1. The molecule has 1 N–H and O–H groups in total.